The molecule has 0 spiro atoms. The normalized spacial score (nSPS) is 9.93. The van der Waals surface area contributed by atoms with Crippen molar-refractivity contribution < 1.29 is 4.79 Å². The number of nitrogens with one attached hydrogen (secondary N) is 1. The van der Waals surface area contributed by atoms with E-state index in [4.69, 9.17) is 11.6 Å². The average Bonchev–Trinajstić information content (AvgIpc) is 2.15. The zero-order valence-corrected chi connectivity index (χ0v) is 11.1. The van der Waals surface area contributed by atoms with Gasteiger partial charge in [0.1, 0.15) is 0 Å². The Morgan fingerprint density at radius 3 is 2.53 bits per heavy atom. The number of carbonyl (C=O) groups is 1. The molecule has 0 aliphatic heterocycles. The molecule has 82 valence electrons. The van der Waals surface area contributed by atoms with Crippen LogP contribution in [0.4, 0.5) is 5.69 Å². The van der Waals surface area contributed by atoms with Crippen molar-refractivity contribution in [1.82, 2.24) is 4.90 Å². The number of hydrogen-bond donors (Lipinski definition) is 1. The SMILES string of the molecule is CNc1c(Br)cc(Cl)cc1C(=O)N(C)C. The molecule has 0 radical (unpaired) electrons. The summed E-state index contributed by atoms with van der Waals surface area (Å²) in [4.78, 5) is 13.3. The van der Waals surface area contributed by atoms with Gasteiger partial charge in [0, 0.05) is 30.6 Å². The van der Waals surface area contributed by atoms with E-state index in [9.17, 15) is 4.79 Å². The maximum absolute atomic E-state index is 11.8. The summed E-state index contributed by atoms with van der Waals surface area (Å²) in [6.45, 7) is 0. The molecule has 1 rings (SSSR count). The third-order valence-corrected chi connectivity index (χ3v) is 2.79. The molecule has 0 aromatic heterocycles. The Morgan fingerprint density at radius 1 is 1.47 bits per heavy atom. The van der Waals surface area contributed by atoms with Crippen molar-refractivity contribution in [2.45, 2.75) is 0 Å². The Morgan fingerprint density at radius 2 is 2.07 bits per heavy atom. The molecule has 0 aliphatic rings. The minimum Gasteiger partial charge on any atom is -0.387 e. The second-order valence-electron chi connectivity index (χ2n) is 3.26. The molecule has 0 heterocycles. The highest BCUT2D eigenvalue weighted by molar-refractivity contribution is 9.10. The third-order valence-electron chi connectivity index (χ3n) is 1.94. The Bertz CT molecular complexity index is 393. The van der Waals surface area contributed by atoms with Gasteiger partial charge in [-0.15, -0.1) is 0 Å². The van der Waals surface area contributed by atoms with E-state index in [1.165, 1.54) is 4.90 Å². The lowest BCUT2D eigenvalue weighted by molar-refractivity contribution is 0.0828. The monoisotopic (exact) mass is 290 g/mol. The Labute approximate surface area is 103 Å². The molecule has 3 nitrogen and oxygen atoms in total. The first-order valence-electron chi connectivity index (χ1n) is 4.35. The molecule has 0 saturated carbocycles. The first-order valence-corrected chi connectivity index (χ1v) is 5.53. The van der Waals surface area contributed by atoms with Crippen LogP contribution in [0, 0.1) is 0 Å². The molecule has 0 bridgehead atoms. The quantitative estimate of drug-likeness (QED) is 0.909. The van der Waals surface area contributed by atoms with Crippen LogP contribution in [-0.2, 0) is 0 Å². The van der Waals surface area contributed by atoms with Gasteiger partial charge in [0.15, 0.2) is 0 Å². The Kier molecular flexibility index (Phi) is 3.99. The summed E-state index contributed by atoms with van der Waals surface area (Å²) < 4.78 is 0.780. The summed E-state index contributed by atoms with van der Waals surface area (Å²) in [6.07, 6.45) is 0. The lowest BCUT2D eigenvalue weighted by atomic mass is 10.1. The van der Waals surface area contributed by atoms with Crippen LogP contribution in [0.25, 0.3) is 0 Å². The van der Waals surface area contributed by atoms with Gasteiger partial charge < -0.3 is 10.2 Å². The summed E-state index contributed by atoms with van der Waals surface area (Å²) in [6, 6.07) is 3.40. The van der Waals surface area contributed by atoms with Crippen molar-refractivity contribution in [2.24, 2.45) is 0 Å². The van der Waals surface area contributed by atoms with Gasteiger partial charge in [-0.05, 0) is 28.1 Å². The fraction of sp³-hybridized carbons (Fsp3) is 0.300. The standard InChI is InChI=1S/C10H12BrClN2O/c1-13-9-7(10(15)14(2)3)4-6(12)5-8(9)11/h4-5,13H,1-3H3. The minimum absolute atomic E-state index is 0.0810. The summed E-state index contributed by atoms with van der Waals surface area (Å²) >= 11 is 9.26. The first kappa shape index (κ1) is 12.3. The van der Waals surface area contributed by atoms with E-state index in [1.807, 2.05) is 0 Å². The molecule has 5 heteroatoms. The van der Waals surface area contributed by atoms with Gasteiger partial charge in [-0.2, -0.15) is 0 Å². The molecular formula is C10H12BrClN2O. The molecule has 1 N–H and O–H groups in total. The smallest absolute Gasteiger partial charge is 0.255 e. The molecule has 1 amide bonds. The van der Waals surface area contributed by atoms with E-state index < -0.39 is 0 Å². The number of halogens is 2. The van der Waals surface area contributed by atoms with Crippen LogP contribution >= 0.6 is 27.5 Å². The number of carbonyl (C=O) groups excluding carboxylic acids is 1. The van der Waals surface area contributed by atoms with E-state index in [2.05, 4.69) is 21.2 Å². The Hall–Kier alpha value is -0.740. The van der Waals surface area contributed by atoms with Crippen molar-refractivity contribution >= 4 is 39.1 Å². The molecule has 15 heavy (non-hydrogen) atoms. The zero-order valence-electron chi connectivity index (χ0n) is 8.77. The largest absolute Gasteiger partial charge is 0.387 e. The summed E-state index contributed by atoms with van der Waals surface area (Å²) in [5.41, 5.74) is 1.31. The predicted molar refractivity (Wildman–Crippen MR) is 66.7 cm³/mol. The number of rotatable bonds is 2. The number of benzene rings is 1. The minimum atomic E-state index is -0.0810. The van der Waals surface area contributed by atoms with Crippen molar-refractivity contribution in [1.29, 1.82) is 0 Å². The van der Waals surface area contributed by atoms with Gasteiger partial charge in [0.2, 0.25) is 0 Å². The van der Waals surface area contributed by atoms with E-state index >= 15 is 0 Å². The zero-order chi connectivity index (χ0) is 11.6. The predicted octanol–water partition coefficient (Wildman–Crippen LogP) is 2.85. The van der Waals surface area contributed by atoms with E-state index in [-0.39, 0.29) is 5.91 Å². The molecular weight excluding hydrogens is 279 g/mol. The number of hydrogen-bond acceptors (Lipinski definition) is 2. The van der Waals surface area contributed by atoms with Crippen LogP contribution in [0.2, 0.25) is 5.02 Å². The molecule has 0 atom stereocenters. The fourth-order valence-electron chi connectivity index (χ4n) is 1.24. The van der Waals surface area contributed by atoms with E-state index in [0.717, 1.165) is 10.2 Å². The van der Waals surface area contributed by atoms with Crippen molar-refractivity contribution in [2.75, 3.05) is 26.5 Å². The van der Waals surface area contributed by atoms with Crippen molar-refractivity contribution in [3.63, 3.8) is 0 Å². The fourth-order valence-corrected chi connectivity index (χ4v) is 2.25. The second-order valence-corrected chi connectivity index (χ2v) is 4.55. The van der Waals surface area contributed by atoms with Gasteiger partial charge in [-0.1, -0.05) is 11.6 Å². The number of nitrogens with zero attached hydrogens (tertiary/aromatic N) is 1. The van der Waals surface area contributed by atoms with Gasteiger partial charge in [0.05, 0.1) is 11.3 Å². The molecule has 1 aromatic rings. The van der Waals surface area contributed by atoms with E-state index in [0.29, 0.717) is 10.6 Å². The van der Waals surface area contributed by atoms with Crippen LogP contribution in [-0.4, -0.2) is 32.0 Å². The average molecular weight is 292 g/mol. The number of anilines is 1. The lowest BCUT2D eigenvalue weighted by Gasteiger charge is -2.15. The van der Waals surface area contributed by atoms with Gasteiger partial charge in [-0.25, -0.2) is 0 Å². The van der Waals surface area contributed by atoms with E-state index in [1.54, 1.807) is 33.3 Å². The van der Waals surface area contributed by atoms with Crippen molar-refractivity contribution in [3.05, 3.63) is 27.2 Å². The highest BCUT2D eigenvalue weighted by atomic mass is 79.9. The lowest BCUT2D eigenvalue weighted by Crippen LogP contribution is -2.22. The summed E-state index contributed by atoms with van der Waals surface area (Å²) in [7, 11) is 5.17. The second kappa shape index (κ2) is 4.86. The number of amides is 1. The van der Waals surface area contributed by atoms with Crippen LogP contribution in [0.1, 0.15) is 10.4 Å². The molecule has 0 unspecified atom stereocenters. The molecule has 0 saturated heterocycles. The van der Waals surface area contributed by atoms with Crippen LogP contribution < -0.4 is 5.32 Å². The highest BCUT2D eigenvalue weighted by Crippen LogP contribution is 2.30. The third kappa shape index (κ3) is 2.63. The maximum Gasteiger partial charge on any atom is 0.255 e. The molecule has 0 fully saturated rings. The summed E-state index contributed by atoms with van der Waals surface area (Å²) in [5.74, 6) is -0.0810. The van der Waals surface area contributed by atoms with Crippen LogP contribution in [0.3, 0.4) is 0 Å². The summed E-state index contributed by atoms with van der Waals surface area (Å²) in [5, 5.41) is 3.51. The highest BCUT2D eigenvalue weighted by Gasteiger charge is 2.15. The molecule has 0 aliphatic carbocycles. The first-order chi connectivity index (χ1) is 6.97. The van der Waals surface area contributed by atoms with Crippen LogP contribution in [0.15, 0.2) is 16.6 Å². The maximum atomic E-state index is 11.8. The topological polar surface area (TPSA) is 32.3 Å². The van der Waals surface area contributed by atoms with Crippen LogP contribution in [0.5, 0.6) is 0 Å². The van der Waals surface area contributed by atoms with Gasteiger partial charge >= 0.3 is 0 Å². The van der Waals surface area contributed by atoms with Gasteiger partial charge in [-0.3, -0.25) is 4.79 Å². The van der Waals surface area contributed by atoms with Crippen molar-refractivity contribution in [3.8, 4) is 0 Å². The van der Waals surface area contributed by atoms with Gasteiger partial charge in [0.25, 0.3) is 5.91 Å². The Balaban J connectivity index is 3.32. The molecule has 1 aromatic carbocycles.